The lowest BCUT2D eigenvalue weighted by molar-refractivity contribution is -0.274. The normalized spacial score (nSPS) is 11.3. The number of benzene rings is 2. The predicted molar refractivity (Wildman–Crippen MR) is 95.3 cm³/mol. The van der Waals surface area contributed by atoms with Gasteiger partial charge in [0.15, 0.2) is 0 Å². The number of ether oxygens (including phenoxy) is 3. The zero-order valence-corrected chi connectivity index (χ0v) is 15.0. The molecule has 5 nitrogen and oxygen atoms in total. The molecule has 1 amide bonds. The highest BCUT2D eigenvalue weighted by Crippen LogP contribution is 2.36. The first kappa shape index (κ1) is 20.4. The Kier molecular flexibility index (Phi) is 6.57. The molecular formula is C18H15ClF3NO4. The molecule has 0 aromatic heterocycles. The third-order valence-electron chi connectivity index (χ3n) is 3.29. The van der Waals surface area contributed by atoms with Crippen LogP contribution in [0, 0.1) is 0 Å². The second-order valence-corrected chi connectivity index (χ2v) is 5.50. The van der Waals surface area contributed by atoms with Crippen molar-refractivity contribution in [3.8, 4) is 17.2 Å². The Bertz CT molecular complexity index is 853. The minimum Gasteiger partial charge on any atom is -0.495 e. The topological polar surface area (TPSA) is 56.8 Å². The summed E-state index contributed by atoms with van der Waals surface area (Å²) in [5.41, 5.74) is 0.363. The Morgan fingerprint density at radius 1 is 1.07 bits per heavy atom. The maximum Gasteiger partial charge on any atom is 0.573 e. The monoisotopic (exact) mass is 401 g/mol. The van der Waals surface area contributed by atoms with E-state index >= 15 is 0 Å². The number of hydrogen-bond donors (Lipinski definition) is 1. The summed E-state index contributed by atoms with van der Waals surface area (Å²) in [6, 6.07) is 8.38. The average Bonchev–Trinajstić information content (AvgIpc) is 2.60. The Balaban J connectivity index is 2.18. The van der Waals surface area contributed by atoms with Crippen LogP contribution in [0.3, 0.4) is 0 Å². The zero-order valence-electron chi connectivity index (χ0n) is 14.3. The summed E-state index contributed by atoms with van der Waals surface area (Å²) in [6.07, 6.45) is -2.57. The minimum absolute atomic E-state index is 0.0877. The van der Waals surface area contributed by atoms with Crippen LogP contribution in [0.4, 0.5) is 18.9 Å². The van der Waals surface area contributed by atoms with Gasteiger partial charge in [0.05, 0.1) is 24.9 Å². The summed E-state index contributed by atoms with van der Waals surface area (Å²) < 4.78 is 51.4. The van der Waals surface area contributed by atoms with E-state index in [0.29, 0.717) is 11.5 Å². The maximum atomic E-state index is 12.4. The average molecular weight is 402 g/mol. The van der Waals surface area contributed by atoms with Gasteiger partial charge >= 0.3 is 6.36 Å². The van der Waals surface area contributed by atoms with Crippen molar-refractivity contribution in [3.63, 3.8) is 0 Å². The number of halogens is 4. The van der Waals surface area contributed by atoms with E-state index in [2.05, 4.69) is 10.1 Å². The standard InChI is InChI=1S/C18H15ClF3NO4/c1-25-15-10-16(26-2)13(9-12(15)19)23-17(24)8-7-11-5-3-4-6-14(11)27-18(20,21)22/h3-10H,1-2H3,(H,23,24)/b8-7+. The van der Waals surface area contributed by atoms with Crippen molar-refractivity contribution < 1.29 is 32.2 Å². The van der Waals surface area contributed by atoms with Crippen molar-refractivity contribution in [2.45, 2.75) is 6.36 Å². The lowest BCUT2D eigenvalue weighted by Gasteiger charge is -2.12. The first-order valence-electron chi connectivity index (χ1n) is 7.49. The number of methoxy groups -OCH3 is 2. The summed E-state index contributed by atoms with van der Waals surface area (Å²) in [5, 5.41) is 2.79. The molecule has 0 bridgehead atoms. The van der Waals surface area contributed by atoms with Gasteiger partial charge in [0.1, 0.15) is 17.2 Å². The van der Waals surface area contributed by atoms with Gasteiger partial charge in [-0.05, 0) is 18.2 Å². The van der Waals surface area contributed by atoms with Crippen molar-refractivity contribution in [2.75, 3.05) is 19.5 Å². The van der Waals surface area contributed by atoms with Gasteiger partial charge in [0.2, 0.25) is 5.91 Å². The molecule has 27 heavy (non-hydrogen) atoms. The summed E-state index contributed by atoms with van der Waals surface area (Å²) in [7, 11) is 2.83. The molecule has 2 aromatic carbocycles. The Hall–Kier alpha value is -2.87. The molecule has 2 rings (SSSR count). The van der Waals surface area contributed by atoms with Gasteiger partial charge in [-0.25, -0.2) is 0 Å². The van der Waals surface area contributed by atoms with Crippen molar-refractivity contribution in [2.24, 2.45) is 0 Å². The molecule has 0 radical (unpaired) electrons. The number of rotatable bonds is 6. The van der Waals surface area contributed by atoms with E-state index in [0.717, 1.165) is 12.1 Å². The van der Waals surface area contributed by atoms with Crippen LogP contribution in [0.2, 0.25) is 5.02 Å². The van der Waals surface area contributed by atoms with Crippen LogP contribution < -0.4 is 19.5 Å². The van der Waals surface area contributed by atoms with Gasteiger partial charge in [-0.1, -0.05) is 29.8 Å². The lowest BCUT2D eigenvalue weighted by atomic mass is 10.2. The second-order valence-electron chi connectivity index (χ2n) is 5.10. The fraction of sp³-hybridized carbons (Fsp3) is 0.167. The van der Waals surface area contributed by atoms with E-state index in [1.807, 2.05) is 0 Å². The highest BCUT2D eigenvalue weighted by atomic mass is 35.5. The number of anilines is 1. The van der Waals surface area contributed by atoms with Crippen molar-refractivity contribution in [1.29, 1.82) is 0 Å². The lowest BCUT2D eigenvalue weighted by Crippen LogP contribution is -2.17. The van der Waals surface area contributed by atoms with E-state index in [9.17, 15) is 18.0 Å². The molecule has 0 atom stereocenters. The van der Waals surface area contributed by atoms with Crippen LogP contribution >= 0.6 is 11.6 Å². The quantitative estimate of drug-likeness (QED) is 0.699. The predicted octanol–water partition coefficient (Wildman–Crippen LogP) is 4.91. The third kappa shape index (κ3) is 5.82. The smallest absolute Gasteiger partial charge is 0.495 e. The molecule has 0 aliphatic heterocycles. The molecule has 0 saturated carbocycles. The van der Waals surface area contributed by atoms with Crippen LogP contribution in [0.15, 0.2) is 42.5 Å². The molecule has 144 valence electrons. The van der Waals surface area contributed by atoms with E-state index in [1.54, 1.807) is 0 Å². The molecule has 1 N–H and O–H groups in total. The molecule has 0 heterocycles. The highest BCUT2D eigenvalue weighted by molar-refractivity contribution is 6.32. The number of para-hydroxylation sites is 1. The number of hydrogen-bond acceptors (Lipinski definition) is 4. The molecule has 0 unspecified atom stereocenters. The molecular weight excluding hydrogens is 387 g/mol. The summed E-state index contributed by atoms with van der Waals surface area (Å²) in [5.74, 6) is -0.352. The first-order chi connectivity index (χ1) is 12.7. The molecule has 0 spiro atoms. The highest BCUT2D eigenvalue weighted by Gasteiger charge is 2.31. The van der Waals surface area contributed by atoms with Gasteiger partial charge in [-0.2, -0.15) is 0 Å². The Labute approximate surface area is 158 Å². The molecule has 9 heteroatoms. The van der Waals surface area contributed by atoms with Crippen molar-refractivity contribution >= 4 is 29.3 Å². The summed E-state index contributed by atoms with van der Waals surface area (Å²) >= 11 is 6.02. The molecule has 2 aromatic rings. The van der Waals surface area contributed by atoms with Gasteiger partial charge in [-0.3, -0.25) is 4.79 Å². The molecule has 0 saturated heterocycles. The summed E-state index contributed by atoms with van der Waals surface area (Å²) in [6.45, 7) is 0. The van der Waals surface area contributed by atoms with E-state index in [1.165, 1.54) is 50.6 Å². The largest absolute Gasteiger partial charge is 0.573 e. The Morgan fingerprint density at radius 3 is 2.37 bits per heavy atom. The third-order valence-corrected chi connectivity index (χ3v) is 3.59. The zero-order chi connectivity index (χ0) is 20.0. The Morgan fingerprint density at radius 2 is 1.74 bits per heavy atom. The maximum absolute atomic E-state index is 12.4. The van der Waals surface area contributed by atoms with E-state index < -0.39 is 18.0 Å². The molecule has 0 fully saturated rings. The van der Waals surface area contributed by atoms with Crippen molar-refractivity contribution in [1.82, 2.24) is 0 Å². The molecule has 0 aliphatic carbocycles. The number of carbonyl (C=O) groups is 1. The van der Waals surface area contributed by atoms with E-state index in [4.69, 9.17) is 21.1 Å². The van der Waals surface area contributed by atoms with E-state index in [-0.39, 0.29) is 16.3 Å². The van der Waals surface area contributed by atoms with Gasteiger partial charge in [0, 0.05) is 17.7 Å². The number of nitrogens with one attached hydrogen (secondary N) is 1. The van der Waals surface area contributed by atoms with Crippen LogP contribution in [-0.4, -0.2) is 26.5 Å². The van der Waals surface area contributed by atoms with Gasteiger partial charge < -0.3 is 19.5 Å². The number of alkyl halides is 3. The second kappa shape index (κ2) is 8.68. The summed E-state index contributed by atoms with van der Waals surface area (Å²) in [4.78, 5) is 12.1. The fourth-order valence-corrected chi connectivity index (χ4v) is 2.37. The van der Waals surface area contributed by atoms with Crippen LogP contribution in [-0.2, 0) is 4.79 Å². The van der Waals surface area contributed by atoms with Crippen LogP contribution in [0.5, 0.6) is 17.2 Å². The molecule has 0 aliphatic rings. The first-order valence-corrected chi connectivity index (χ1v) is 7.86. The number of amides is 1. The fourth-order valence-electron chi connectivity index (χ4n) is 2.13. The van der Waals surface area contributed by atoms with Crippen LogP contribution in [0.25, 0.3) is 6.08 Å². The van der Waals surface area contributed by atoms with Crippen LogP contribution in [0.1, 0.15) is 5.56 Å². The van der Waals surface area contributed by atoms with Gasteiger partial charge in [-0.15, -0.1) is 13.2 Å². The van der Waals surface area contributed by atoms with Gasteiger partial charge in [0.25, 0.3) is 0 Å². The number of carbonyl (C=O) groups excluding carboxylic acids is 1. The minimum atomic E-state index is -4.83. The van der Waals surface area contributed by atoms with Crippen molar-refractivity contribution in [3.05, 3.63) is 53.1 Å². The SMILES string of the molecule is COc1cc(OC)c(NC(=O)/C=C/c2ccccc2OC(F)(F)F)cc1Cl.